The normalized spacial score (nSPS) is 26.9. The molecule has 1 aromatic carbocycles. The largest absolute Gasteiger partial charge is 0.468 e. The molecule has 0 bridgehead atoms. The number of rotatable bonds is 3. The molecular formula is C14H16BrNO2. The number of hydrogen-bond donors (Lipinski definition) is 1. The van der Waals surface area contributed by atoms with Crippen molar-refractivity contribution < 1.29 is 9.53 Å². The Morgan fingerprint density at radius 2 is 2.17 bits per heavy atom. The van der Waals surface area contributed by atoms with E-state index in [1.165, 1.54) is 18.9 Å². The molecule has 0 radical (unpaired) electrons. The number of halogens is 1. The van der Waals surface area contributed by atoms with Crippen LogP contribution in [0.15, 0.2) is 28.7 Å². The molecule has 4 heteroatoms. The third-order valence-electron chi connectivity index (χ3n) is 3.76. The highest BCUT2D eigenvalue weighted by molar-refractivity contribution is 9.10. The Hall–Kier alpha value is -1.16. The Labute approximate surface area is 115 Å². The maximum atomic E-state index is 11.8. The van der Waals surface area contributed by atoms with Crippen molar-refractivity contribution in [3.8, 4) is 0 Å². The summed E-state index contributed by atoms with van der Waals surface area (Å²) in [7, 11) is 1.39. The third-order valence-corrected chi connectivity index (χ3v) is 4.29. The molecule has 0 heterocycles. The molecule has 0 saturated heterocycles. The number of benzene rings is 1. The lowest BCUT2D eigenvalue weighted by atomic mass is 9.85. The van der Waals surface area contributed by atoms with E-state index in [4.69, 9.17) is 10.1 Å². The van der Waals surface area contributed by atoms with Crippen LogP contribution < -0.4 is 0 Å². The molecule has 1 aromatic rings. The average Bonchev–Trinajstić information content (AvgIpc) is 2.84. The second kappa shape index (κ2) is 5.22. The molecule has 1 fully saturated rings. The van der Waals surface area contributed by atoms with E-state index in [0.29, 0.717) is 18.8 Å². The Balaban J connectivity index is 2.18. The fourth-order valence-corrected chi connectivity index (χ4v) is 2.94. The van der Waals surface area contributed by atoms with Gasteiger partial charge in [-0.2, -0.15) is 0 Å². The smallest absolute Gasteiger partial charge is 0.317 e. The molecular weight excluding hydrogens is 294 g/mol. The zero-order valence-electron chi connectivity index (χ0n) is 10.3. The SMILES string of the molecule is COC(=O)[C@@]1(C=N)CC[C@H](c2ccc(Br)cc2)C1. The molecule has 3 nitrogen and oxygen atoms in total. The zero-order valence-corrected chi connectivity index (χ0v) is 11.9. The number of hydrogen-bond acceptors (Lipinski definition) is 3. The highest BCUT2D eigenvalue weighted by Gasteiger charge is 2.45. The van der Waals surface area contributed by atoms with Crippen LogP contribution in [0.1, 0.15) is 30.7 Å². The summed E-state index contributed by atoms with van der Waals surface area (Å²) in [6.45, 7) is 0. The highest BCUT2D eigenvalue weighted by Crippen LogP contribution is 2.46. The molecule has 1 N–H and O–H groups in total. The molecule has 2 atom stereocenters. The van der Waals surface area contributed by atoms with Gasteiger partial charge in [0.1, 0.15) is 5.41 Å². The first kappa shape index (κ1) is 13.3. The summed E-state index contributed by atoms with van der Waals surface area (Å²) in [6.07, 6.45) is 3.55. The standard InChI is InChI=1S/C14H16BrNO2/c1-18-13(17)14(9-16)7-6-11(8-14)10-2-4-12(15)5-3-10/h2-5,9,11,16H,6-8H2,1H3/t11-,14-/m0/s1. The van der Waals surface area contributed by atoms with Gasteiger partial charge in [-0.05, 0) is 42.9 Å². The van der Waals surface area contributed by atoms with E-state index in [1.54, 1.807) is 0 Å². The minimum Gasteiger partial charge on any atom is -0.468 e. The number of ether oxygens (including phenoxy) is 1. The molecule has 96 valence electrons. The van der Waals surface area contributed by atoms with Crippen LogP contribution in [0.5, 0.6) is 0 Å². The Bertz CT molecular complexity index is 457. The Kier molecular flexibility index (Phi) is 3.85. The maximum absolute atomic E-state index is 11.8. The molecule has 0 amide bonds. The Morgan fingerprint density at radius 1 is 1.50 bits per heavy atom. The van der Waals surface area contributed by atoms with Crippen LogP contribution in [-0.2, 0) is 9.53 Å². The van der Waals surface area contributed by atoms with Gasteiger partial charge < -0.3 is 10.1 Å². The fraction of sp³-hybridized carbons (Fsp3) is 0.429. The fourth-order valence-electron chi connectivity index (χ4n) is 2.67. The van der Waals surface area contributed by atoms with Crippen LogP contribution >= 0.6 is 15.9 Å². The van der Waals surface area contributed by atoms with E-state index in [-0.39, 0.29) is 5.97 Å². The molecule has 0 spiro atoms. The van der Waals surface area contributed by atoms with Crippen LogP contribution in [0.4, 0.5) is 0 Å². The molecule has 1 saturated carbocycles. The minimum atomic E-state index is -0.716. The summed E-state index contributed by atoms with van der Waals surface area (Å²) in [6, 6.07) is 8.17. The molecule has 1 aliphatic rings. The number of esters is 1. The average molecular weight is 310 g/mol. The van der Waals surface area contributed by atoms with E-state index < -0.39 is 5.41 Å². The van der Waals surface area contributed by atoms with Gasteiger partial charge in [-0.1, -0.05) is 28.1 Å². The van der Waals surface area contributed by atoms with Gasteiger partial charge in [0.25, 0.3) is 0 Å². The summed E-state index contributed by atoms with van der Waals surface area (Å²) in [5, 5.41) is 7.53. The molecule has 18 heavy (non-hydrogen) atoms. The van der Waals surface area contributed by atoms with E-state index >= 15 is 0 Å². The third kappa shape index (κ3) is 2.34. The van der Waals surface area contributed by atoms with Crippen LogP contribution in [-0.4, -0.2) is 19.3 Å². The predicted octanol–water partition coefficient (Wildman–Crippen LogP) is 3.53. The van der Waals surface area contributed by atoms with Crippen molar-refractivity contribution in [3.63, 3.8) is 0 Å². The first-order valence-corrected chi connectivity index (χ1v) is 6.76. The van der Waals surface area contributed by atoms with Gasteiger partial charge in [0, 0.05) is 10.7 Å². The lowest BCUT2D eigenvalue weighted by molar-refractivity contribution is -0.148. The maximum Gasteiger partial charge on any atom is 0.317 e. The summed E-state index contributed by atoms with van der Waals surface area (Å²) in [5.74, 6) is 0.0518. The molecule has 0 aliphatic heterocycles. The highest BCUT2D eigenvalue weighted by atomic mass is 79.9. The lowest BCUT2D eigenvalue weighted by Crippen LogP contribution is -2.30. The summed E-state index contributed by atoms with van der Waals surface area (Å²) in [4.78, 5) is 11.8. The van der Waals surface area contributed by atoms with Crippen molar-refractivity contribution in [3.05, 3.63) is 34.3 Å². The monoisotopic (exact) mass is 309 g/mol. The molecule has 0 aromatic heterocycles. The summed E-state index contributed by atoms with van der Waals surface area (Å²) in [5.41, 5.74) is 0.512. The molecule has 0 unspecified atom stereocenters. The predicted molar refractivity (Wildman–Crippen MR) is 74.0 cm³/mol. The van der Waals surface area contributed by atoms with Crippen molar-refractivity contribution in [2.24, 2.45) is 5.41 Å². The second-order valence-electron chi connectivity index (χ2n) is 4.78. The van der Waals surface area contributed by atoms with Crippen molar-refractivity contribution in [1.29, 1.82) is 5.41 Å². The van der Waals surface area contributed by atoms with Gasteiger partial charge in [0.2, 0.25) is 0 Å². The van der Waals surface area contributed by atoms with Crippen LogP contribution in [0.25, 0.3) is 0 Å². The second-order valence-corrected chi connectivity index (χ2v) is 5.70. The van der Waals surface area contributed by atoms with Crippen LogP contribution in [0, 0.1) is 10.8 Å². The van der Waals surface area contributed by atoms with Gasteiger partial charge >= 0.3 is 5.97 Å². The summed E-state index contributed by atoms with van der Waals surface area (Å²) >= 11 is 3.41. The zero-order chi connectivity index (χ0) is 13.2. The van der Waals surface area contributed by atoms with Gasteiger partial charge in [-0.25, -0.2) is 0 Å². The minimum absolute atomic E-state index is 0.280. The van der Waals surface area contributed by atoms with Crippen LogP contribution in [0.2, 0.25) is 0 Å². The first-order valence-electron chi connectivity index (χ1n) is 5.97. The quantitative estimate of drug-likeness (QED) is 0.686. The van der Waals surface area contributed by atoms with Gasteiger partial charge in [0.05, 0.1) is 7.11 Å². The van der Waals surface area contributed by atoms with Crippen molar-refractivity contribution in [2.45, 2.75) is 25.2 Å². The molecule has 1 aliphatic carbocycles. The van der Waals surface area contributed by atoms with Crippen molar-refractivity contribution >= 4 is 28.1 Å². The number of nitrogens with one attached hydrogen (secondary N) is 1. The van der Waals surface area contributed by atoms with Crippen molar-refractivity contribution in [2.75, 3.05) is 7.11 Å². The topological polar surface area (TPSA) is 50.2 Å². The van der Waals surface area contributed by atoms with E-state index in [2.05, 4.69) is 28.1 Å². The van der Waals surface area contributed by atoms with E-state index in [1.807, 2.05) is 12.1 Å². The lowest BCUT2D eigenvalue weighted by Gasteiger charge is -2.20. The van der Waals surface area contributed by atoms with Crippen LogP contribution in [0.3, 0.4) is 0 Å². The number of methoxy groups -OCH3 is 1. The number of carbonyl (C=O) groups excluding carboxylic acids is 1. The Morgan fingerprint density at radius 3 is 2.72 bits per heavy atom. The van der Waals surface area contributed by atoms with E-state index in [0.717, 1.165) is 10.9 Å². The van der Waals surface area contributed by atoms with E-state index in [9.17, 15) is 4.79 Å². The van der Waals surface area contributed by atoms with Gasteiger partial charge in [-0.3, -0.25) is 4.79 Å². The summed E-state index contributed by atoms with van der Waals surface area (Å²) < 4.78 is 5.89. The number of carbonyl (C=O) groups is 1. The van der Waals surface area contributed by atoms with Gasteiger partial charge in [0.15, 0.2) is 0 Å². The first-order chi connectivity index (χ1) is 8.61. The molecule has 2 rings (SSSR count). The van der Waals surface area contributed by atoms with Gasteiger partial charge in [-0.15, -0.1) is 0 Å². The van der Waals surface area contributed by atoms with Crippen molar-refractivity contribution in [1.82, 2.24) is 0 Å².